The fraction of sp³-hybridized carbons (Fsp3) is 0.100. The molecule has 148 valence electrons. The molecule has 0 saturated heterocycles. The van der Waals surface area contributed by atoms with Crippen molar-refractivity contribution in [1.29, 1.82) is 0 Å². The summed E-state index contributed by atoms with van der Waals surface area (Å²) >= 11 is 1.21. The number of rotatable bonds is 6. The van der Waals surface area contributed by atoms with E-state index < -0.39 is 24.5 Å². The number of amides is 1. The number of ether oxygens (including phenoxy) is 2. The maximum atomic E-state index is 13.0. The predicted molar refractivity (Wildman–Crippen MR) is 104 cm³/mol. The Morgan fingerprint density at radius 1 is 1.03 bits per heavy atom. The van der Waals surface area contributed by atoms with Crippen molar-refractivity contribution in [2.24, 2.45) is 0 Å². The minimum Gasteiger partial charge on any atom is -0.465 e. The smallest absolute Gasteiger partial charge is 0.358 e. The second-order valence-electron chi connectivity index (χ2n) is 5.74. The Morgan fingerprint density at radius 3 is 2.38 bits per heavy atom. The van der Waals surface area contributed by atoms with E-state index >= 15 is 0 Å². The Balaban J connectivity index is 1.53. The number of methoxy groups -OCH3 is 1. The lowest BCUT2D eigenvalue weighted by molar-refractivity contribution is -0.119. The molecule has 1 N–H and O–H groups in total. The number of nitrogens with zero attached hydrogens (tertiary/aromatic N) is 1. The molecule has 0 aliphatic rings. The van der Waals surface area contributed by atoms with E-state index in [1.54, 1.807) is 12.1 Å². The van der Waals surface area contributed by atoms with E-state index in [-0.39, 0.29) is 11.5 Å². The van der Waals surface area contributed by atoms with Crippen LogP contribution in [0.4, 0.5) is 10.1 Å². The summed E-state index contributed by atoms with van der Waals surface area (Å²) < 4.78 is 22.6. The molecule has 1 aromatic heterocycles. The van der Waals surface area contributed by atoms with Crippen LogP contribution >= 0.6 is 11.3 Å². The summed E-state index contributed by atoms with van der Waals surface area (Å²) in [6, 6.07) is 11.8. The highest BCUT2D eigenvalue weighted by Crippen LogP contribution is 2.24. The van der Waals surface area contributed by atoms with Crippen LogP contribution in [0.5, 0.6) is 0 Å². The van der Waals surface area contributed by atoms with Crippen LogP contribution in [-0.4, -0.2) is 36.5 Å². The Bertz CT molecular complexity index is 1030. The van der Waals surface area contributed by atoms with Gasteiger partial charge in [0.05, 0.1) is 12.7 Å². The maximum absolute atomic E-state index is 13.0. The van der Waals surface area contributed by atoms with Crippen molar-refractivity contribution in [3.8, 4) is 10.6 Å². The first-order valence-electron chi connectivity index (χ1n) is 8.33. The molecule has 0 fully saturated rings. The number of nitrogens with one attached hydrogen (secondary N) is 1. The van der Waals surface area contributed by atoms with E-state index in [4.69, 9.17) is 4.74 Å². The van der Waals surface area contributed by atoms with Gasteiger partial charge in [0, 0.05) is 16.6 Å². The molecule has 0 bridgehead atoms. The van der Waals surface area contributed by atoms with Crippen LogP contribution in [0, 0.1) is 5.82 Å². The van der Waals surface area contributed by atoms with Crippen molar-refractivity contribution in [2.45, 2.75) is 0 Å². The van der Waals surface area contributed by atoms with E-state index in [2.05, 4.69) is 15.0 Å². The van der Waals surface area contributed by atoms with Crippen LogP contribution in [0.25, 0.3) is 10.6 Å². The first-order valence-corrected chi connectivity index (χ1v) is 9.21. The van der Waals surface area contributed by atoms with Gasteiger partial charge >= 0.3 is 11.9 Å². The molecule has 3 rings (SSSR count). The Morgan fingerprint density at radius 2 is 1.72 bits per heavy atom. The molecular formula is C20H15FN2O5S. The number of esters is 2. The monoisotopic (exact) mass is 414 g/mol. The minimum atomic E-state index is -0.745. The van der Waals surface area contributed by atoms with E-state index in [1.165, 1.54) is 60.2 Å². The van der Waals surface area contributed by atoms with Crippen molar-refractivity contribution < 1.29 is 28.2 Å². The van der Waals surface area contributed by atoms with Gasteiger partial charge in [-0.05, 0) is 48.5 Å². The maximum Gasteiger partial charge on any atom is 0.358 e. The van der Waals surface area contributed by atoms with Crippen LogP contribution in [-0.2, 0) is 14.3 Å². The number of hydrogen-bond acceptors (Lipinski definition) is 7. The average molecular weight is 414 g/mol. The molecule has 7 nitrogen and oxygen atoms in total. The largest absolute Gasteiger partial charge is 0.465 e. The SMILES string of the molecule is COC(=O)c1ccc(NC(=O)COC(=O)c2csc(-c3ccc(F)cc3)n2)cc1. The Labute approximate surface area is 169 Å². The van der Waals surface area contributed by atoms with Crippen molar-refractivity contribution in [2.75, 3.05) is 19.0 Å². The van der Waals surface area contributed by atoms with Gasteiger partial charge in [-0.1, -0.05) is 0 Å². The van der Waals surface area contributed by atoms with Gasteiger partial charge in [-0.25, -0.2) is 19.0 Å². The molecule has 0 atom stereocenters. The third kappa shape index (κ3) is 5.23. The van der Waals surface area contributed by atoms with Crippen molar-refractivity contribution in [3.05, 3.63) is 71.0 Å². The molecule has 9 heteroatoms. The summed E-state index contributed by atoms with van der Waals surface area (Å²) in [5.74, 6) is -2.14. The number of hydrogen-bond donors (Lipinski definition) is 1. The molecule has 0 aliphatic carbocycles. The zero-order valence-corrected chi connectivity index (χ0v) is 16.0. The standard InChI is InChI=1S/C20H15FN2O5S/c1-27-19(25)13-4-8-15(9-5-13)22-17(24)10-28-20(26)16-11-29-18(23-16)12-2-6-14(21)7-3-12/h2-9,11H,10H2,1H3,(H,22,24). The molecule has 0 aliphatic heterocycles. The second-order valence-corrected chi connectivity index (χ2v) is 6.60. The number of carbonyl (C=O) groups excluding carboxylic acids is 3. The van der Waals surface area contributed by atoms with Gasteiger partial charge < -0.3 is 14.8 Å². The molecule has 0 radical (unpaired) electrons. The Hall–Kier alpha value is -3.59. The lowest BCUT2D eigenvalue weighted by atomic mass is 10.2. The fourth-order valence-corrected chi connectivity index (χ4v) is 3.10. The van der Waals surface area contributed by atoms with E-state index in [0.29, 0.717) is 21.8 Å². The number of thiazole rings is 1. The zero-order valence-electron chi connectivity index (χ0n) is 15.2. The van der Waals surface area contributed by atoms with Gasteiger partial charge in [-0.2, -0.15) is 0 Å². The highest BCUT2D eigenvalue weighted by atomic mass is 32.1. The number of carbonyl (C=O) groups is 3. The van der Waals surface area contributed by atoms with Crippen molar-refractivity contribution in [3.63, 3.8) is 0 Å². The molecule has 2 aromatic carbocycles. The first-order chi connectivity index (χ1) is 14.0. The topological polar surface area (TPSA) is 94.6 Å². The highest BCUT2D eigenvalue weighted by Gasteiger charge is 2.15. The minimum absolute atomic E-state index is 0.0598. The van der Waals surface area contributed by atoms with Gasteiger partial charge in [0.1, 0.15) is 10.8 Å². The van der Waals surface area contributed by atoms with Crippen molar-refractivity contribution >= 4 is 34.9 Å². The first kappa shape index (κ1) is 20.2. The number of halogens is 1. The number of anilines is 1. The summed E-state index contributed by atoms with van der Waals surface area (Å²) in [7, 11) is 1.28. The summed E-state index contributed by atoms with van der Waals surface area (Å²) in [5, 5.41) is 4.59. The average Bonchev–Trinajstić information content (AvgIpc) is 3.23. The third-order valence-electron chi connectivity index (χ3n) is 3.73. The quantitative estimate of drug-likeness (QED) is 0.620. The van der Waals surface area contributed by atoms with Crippen LogP contribution < -0.4 is 5.32 Å². The Kier molecular flexibility index (Phi) is 6.30. The third-order valence-corrected chi connectivity index (χ3v) is 4.62. The predicted octanol–water partition coefficient (Wildman–Crippen LogP) is 3.53. The summed E-state index contributed by atoms with van der Waals surface area (Å²) in [5.41, 5.74) is 1.51. The normalized spacial score (nSPS) is 10.3. The molecule has 0 unspecified atom stereocenters. The molecule has 0 spiro atoms. The van der Waals surface area contributed by atoms with E-state index in [0.717, 1.165) is 0 Å². The fourth-order valence-electron chi connectivity index (χ4n) is 2.30. The van der Waals surface area contributed by atoms with Crippen LogP contribution in [0.15, 0.2) is 53.9 Å². The van der Waals surface area contributed by atoms with Gasteiger partial charge in [0.25, 0.3) is 5.91 Å². The van der Waals surface area contributed by atoms with E-state index in [1.807, 2.05) is 0 Å². The molecule has 1 amide bonds. The highest BCUT2D eigenvalue weighted by molar-refractivity contribution is 7.13. The van der Waals surface area contributed by atoms with Gasteiger partial charge in [0.2, 0.25) is 0 Å². The molecule has 0 saturated carbocycles. The lowest BCUT2D eigenvalue weighted by Crippen LogP contribution is -2.21. The van der Waals surface area contributed by atoms with Crippen molar-refractivity contribution in [1.82, 2.24) is 4.98 Å². The van der Waals surface area contributed by atoms with Crippen LogP contribution in [0.1, 0.15) is 20.8 Å². The second kappa shape index (κ2) is 9.07. The molecular weight excluding hydrogens is 399 g/mol. The lowest BCUT2D eigenvalue weighted by Gasteiger charge is -2.06. The van der Waals surface area contributed by atoms with E-state index in [9.17, 15) is 18.8 Å². The molecule has 3 aromatic rings. The number of benzene rings is 2. The van der Waals surface area contributed by atoms with Crippen LogP contribution in [0.2, 0.25) is 0 Å². The van der Waals surface area contributed by atoms with Crippen LogP contribution in [0.3, 0.4) is 0 Å². The molecule has 29 heavy (non-hydrogen) atoms. The summed E-state index contributed by atoms with van der Waals surface area (Å²) in [4.78, 5) is 39.6. The van der Waals surface area contributed by atoms with Gasteiger partial charge in [-0.15, -0.1) is 11.3 Å². The van der Waals surface area contributed by atoms with Gasteiger partial charge in [-0.3, -0.25) is 4.79 Å². The molecule has 1 heterocycles. The van der Waals surface area contributed by atoms with Gasteiger partial charge in [0.15, 0.2) is 12.3 Å². The number of aromatic nitrogens is 1. The summed E-state index contributed by atoms with van der Waals surface area (Å²) in [6.07, 6.45) is 0. The summed E-state index contributed by atoms with van der Waals surface area (Å²) in [6.45, 7) is -0.499. The zero-order chi connectivity index (χ0) is 20.8.